The van der Waals surface area contributed by atoms with Crippen LogP contribution in [-0.4, -0.2) is 9.97 Å². The lowest BCUT2D eigenvalue weighted by Crippen LogP contribution is -2.35. The quantitative estimate of drug-likeness (QED) is 0.630. The molecular weight excluding hydrogens is 320 g/mol. The molecule has 0 radical (unpaired) electrons. The van der Waals surface area contributed by atoms with E-state index in [0.29, 0.717) is 0 Å². The Labute approximate surface area is 156 Å². The zero-order valence-electron chi connectivity index (χ0n) is 16.3. The molecule has 0 aliphatic heterocycles. The van der Waals surface area contributed by atoms with Gasteiger partial charge >= 0.3 is 0 Å². The highest BCUT2D eigenvalue weighted by atomic mass is 14.8. The third-order valence-electron chi connectivity index (χ3n) is 6.11. The first-order valence-electron chi connectivity index (χ1n) is 9.69. The Morgan fingerprint density at radius 1 is 0.615 bits per heavy atom. The Morgan fingerprint density at radius 3 is 1.31 bits per heavy atom. The molecule has 0 spiro atoms. The second kappa shape index (κ2) is 6.93. The fourth-order valence-electron chi connectivity index (χ4n) is 3.61. The van der Waals surface area contributed by atoms with Gasteiger partial charge in [-0.1, -0.05) is 39.8 Å². The molecule has 0 saturated carbocycles. The van der Waals surface area contributed by atoms with Crippen LogP contribution in [-0.2, 0) is 11.1 Å². The minimum absolute atomic E-state index is 0.316. The fraction of sp³-hybridized carbons (Fsp3) is 0.455. The number of nitrogens with two attached hydrogens (primary N) is 2. The van der Waals surface area contributed by atoms with Gasteiger partial charge in [-0.2, -0.15) is 0 Å². The van der Waals surface area contributed by atoms with E-state index >= 15 is 0 Å². The summed E-state index contributed by atoms with van der Waals surface area (Å²) in [4.78, 5) is 9.67. The average molecular weight is 351 g/mol. The Bertz CT molecular complexity index is 851. The van der Waals surface area contributed by atoms with Gasteiger partial charge in [0, 0.05) is 11.1 Å². The van der Waals surface area contributed by atoms with E-state index in [-0.39, 0.29) is 11.1 Å². The molecule has 26 heavy (non-hydrogen) atoms. The number of benzene rings is 2. The van der Waals surface area contributed by atoms with Crippen molar-refractivity contribution in [2.75, 3.05) is 0 Å². The van der Waals surface area contributed by atoms with Crippen LogP contribution in [0.4, 0.5) is 0 Å². The van der Waals surface area contributed by atoms with Gasteiger partial charge in [0.05, 0.1) is 22.1 Å². The van der Waals surface area contributed by atoms with Gasteiger partial charge in [-0.15, -0.1) is 0 Å². The molecule has 138 valence electrons. The smallest absolute Gasteiger partial charge is 0.0898 e. The predicted octanol–water partition coefficient (Wildman–Crippen LogP) is 4.73. The molecule has 1 heterocycles. The summed E-state index contributed by atoms with van der Waals surface area (Å²) in [6.45, 7) is 8.51. The van der Waals surface area contributed by atoms with Crippen LogP contribution in [0.15, 0.2) is 36.4 Å². The van der Waals surface area contributed by atoms with Gasteiger partial charge in [-0.25, -0.2) is 9.97 Å². The van der Waals surface area contributed by atoms with Crippen LogP contribution in [0.5, 0.6) is 0 Å². The summed E-state index contributed by atoms with van der Waals surface area (Å²) < 4.78 is 0. The summed E-state index contributed by atoms with van der Waals surface area (Å²) in [5.41, 5.74) is 18.3. The van der Waals surface area contributed by atoms with E-state index in [4.69, 9.17) is 21.4 Å². The number of hydrogen-bond acceptors (Lipinski definition) is 4. The Morgan fingerprint density at radius 2 is 0.962 bits per heavy atom. The van der Waals surface area contributed by atoms with Crippen molar-refractivity contribution < 1.29 is 0 Å². The Kier molecular flexibility index (Phi) is 5.00. The maximum Gasteiger partial charge on any atom is 0.0898 e. The maximum absolute atomic E-state index is 6.57. The summed E-state index contributed by atoms with van der Waals surface area (Å²) in [6, 6.07) is 12.4. The van der Waals surface area contributed by atoms with Gasteiger partial charge in [0.25, 0.3) is 0 Å². The summed E-state index contributed by atoms with van der Waals surface area (Å²) in [7, 11) is 0. The lowest BCUT2D eigenvalue weighted by atomic mass is 9.85. The molecule has 4 heteroatoms. The van der Waals surface area contributed by atoms with E-state index < -0.39 is 0 Å². The van der Waals surface area contributed by atoms with Crippen LogP contribution in [0, 0.1) is 0 Å². The maximum atomic E-state index is 6.57. The van der Waals surface area contributed by atoms with E-state index in [1.807, 2.05) is 12.1 Å². The van der Waals surface area contributed by atoms with Crippen molar-refractivity contribution in [3.63, 3.8) is 0 Å². The summed E-state index contributed by atoms with van der Waals surface area (Å²) in [5.74, 6) is 0. The van der Waals surface area contributed by atoms with E-state index in [9.17, 15) is 0 Å². The van der Waals surface area contributed by atoms with E-state index in [2.05, 4.69) is 52.0 Å². The third kappa shape index (κ3) is 3.08. The summed E-state index contributed by atoms with van der Waals surface area (Å²) >= 11 is 0. The first kappa shape index (κ1) is 18.7. The van der Waals surface area contributed by atoms with Crippen LogP contribution in [0.3, 0.4) is 0 Å². The highest BCUT2D eigenvalue weighted by molar-refractivity contribution is 5.87. The molecule has 0 fully saturated rings. The van der Waals surface area contributed by atoms with Gasteiger partial charge in [0.15, 0.2) is 0 Å². The van der Waals surface area contributed by atoms with E-state index in [1.54, 1.807) is 0 Å². The van der Waals surface area contributed by atoms with Crippen LogP contribution in [0.2, 0.25) is 0 Å². The molecule has 0 atom stereocenters. The van der Waals surface area contributed by atoms with Crippen LogP contribution in [0.1, 0.15) is 64.5 Å². The highest BCUT2D eigenvalue weighted by Gasteiger charge is 2.24. The summed E-state index contributed by atoms with van der Waals surface area (Å²) in [5, 5.41) is 0. The number of aromatic nitrogens is 2. The van der Waals surface area contributed by atoms with Gasteiger partial charge in [-0.05, 0) is 61.1 Å². The fourth-order valence-corrected chi connectivity index (χ4v) is 3.61. The second-order valence-corrected chi connectivity index (χ2v) is 7.36. The molecule has 0 saturated heterocycles. The number of rotatable bonds is 6. The van der Waals surface area contributed by atoms with Crippen LogP contribution in [0.25, 0.3) is 22.1 Å². The largest absolute Gasteiger partial charge is 0.321 e. The summed E-state index contributed by atoms with van der Waals surface area (Å²) in [6.07, 6.45) is 3.57. The topological polar surface area (TPSA) is 77.8 Å². The Balaban J connectivity index is 2.17. The Hall–Kier alpha value is -2.04. The first-order valence-corrected chi connectivity index (χ1v) is 9.69. The van der Waals surface area contributed by atoms with Gasteiger partial charge < -0.3 is 11.5 Å². The van der Waals surface area contributed by atoms with Crippen LogP contribution >= 0.6 is 0 Å². The molecule has 0 unspecified atom stereocenters. The molecule has 3 aromatic rings. The zero-order valence-corrected chi connectivity index (χ0v) is 16.3. The minimum Gasteiger partial charge on any atom is -0.321 e. The lowest BCUT2D eigenvalue weighted by molar-refractivity contribution is 0.413. The molecule has 4 N–H and O–H groups in total. The van der Waals surface area contributed by atoms with E-state index in [1.165, 1.54) is 0 Å². The zero-order chi connectivity index (χ0) is 18.9. The molecule has 4 nitrogen and oxygen atoms in total. The molecule has 0 bridgehead atoms. The molecule has 0 aliphatic carbocycles. The number of fused-ring (bicyclic) bond motifs is 2. The second-order valence-electron chi connectivity index (χ2n) is 7.36. The predicted molar refractivity (Wildman–Crippen MR) is 110 cm³/mol. The molecular formula is C22H30N4. The van der Waals surface area contributed by atoms with Crippen molar-refractivity contribution in [1.82, 2.24) is 9.97 Å². The molecule has 0 amide bonds. The third-order valence-corrected chi connectivity index (χ3v) is 6.11. The van der Waals surface area contributed by atoms with E-state index in [0.717, 1.165) is 58.9 Å². The number of nitrogens with zero attached hydrogens (tertiary/aromatic N) is 2. The first-order chi connectivity index (χ1) is 12.4. The minimum atomic E-state index is -0.316. The molecule has 3 rings (SSSR count). The standard InChI is InChI=1S/C22H30N4/c1-5-21(23,6-2)15-9-11-17-19(13-15)26-20-14-16(10-12-18(20)25-17)22(24,7-3)8-4/h9-14H,5-8,23-24H2,1-4H3. The van der Waals surface area contributed by atoms with Gasteiger partial charge in [-0.3, -0.25) is 0 Å². The number of hydrogen-bond donors (Lipinski definition) is 2. The van der Waals surface area contributed by atoms with Crippen molar-refractivity contribution >= 4 is 22.1 Å². The molecule has 0 aliphatic rings. The lowest BCUT2D eigenvalue weighted by Gasteiger charge is -2.28. The normalized spacial score (nSPS) is 12.8. The highest BCUT2D eigenvalue weighted by Crippen LogP contribution is 2.30. The van der Waals surface area contributed by atoms with Crippen molar-refractivity contribution in [3.05, 3.63) is 47.5 Å². The van der Waals surface area contributed by atoms with Crippen molar-refractivity contribution in [1.29, 1.82) is 0 Å². The molecule has 1 aromatic heterocycles. The van der Waals surface area contributed by atoms with Crippen molar-refractivity contribution in [2.24, 2.45) is 11.5 Å². The van der Waals surface area contributed by atoms with Crippen molar-refractivity contribution in [3.8, 4) is 0 Å². The van der Waals surface area contributed by atoms with Gasteiger partial charge in [0.1, 0.15) is 0 Å². The van der Waals surface area contributed by atoms with Gasteiger partial charge in [0.2, 0.25) is 0 Å². The average Bonchev–Trinajstić information content (AvgIpc) is 2.70. The van der Waals surface area contributed by atoms with Crippen molar-refractivity contribution in [2.45, 2.75) is 64.5 Å². The monoisotopic (exact) mass is 350 g/mol. The SMILES string of the molecule is CCC(N)(CC)c1ccc2nc3ccc(C(N)(CC)CC)cc3nc2c1. The van der Waals surface area contributed by atoms with Crippen LogP contribution < -0.4 is 11.5 Å². The molecule has 2 aromatic carbocycles.